The first kappa shape index (κ1) is 24.3. The van der Waals surface area contributed by atoms with Crippen molar-refractivity contribution in [3.8, 4) is 0 Å². The Morgan fingerprint density at radius 1 is 1.16 bits per heavy atom. The highest BCUT2D eigenvalue weighted by molar-refractivity contribution is 6.07. The molecule has 1 aromatic heterocycles. The molecule has 0 saturated heterocycles. The lowest BCUT2D eigenvalue weighted by Gasteiger charge is -2.29. The van der Waals surface area contributed by atoms with Gasteiger partial charge in [0, 0.05) is 37.1 Å². The molecular weight excluding hydrogens is 403 g/mol. The summed E-state index contributed by atoms with van der Waals surface area (Å²) < 4.78 is 23.4. The second-order valence-electron chi connectivity index (χ2n) is 7.24. The number of nitrogens with one attached hydrogen (secondary N) is 1. The fourth-order valence-corrected chi connectivity index (χ4v) is 3.49. The Morgan fingerprint density at radius 3 is 2.39 bits per heavy atom. The van der Waals surface area contributed by atoms with Crippen LogP contribution in [0, 0.1) is 19.7 Å². The number of nitrogens with zero attached hydrogens (tertiary/aromatic N) is 1. The zero-order valence-electron chi connectivity index (χ0n) is 18.6. The number of benzene rings is 1. The van der Waals surface area contributed by atoms with Gasteiger partial charge in [0.2, 0.25) is 0 Å². The summed E-state index contributed by atoms with van der Waals surface area (Å²) in [5, 5.41) is 0. The van der Waals surface area contributed by atoms with Gasteiger partial charge in [0.1, 0.15) is 11.5 Å². The first-order chi connectivity index (χ1) is 14.7. The number of hydrogen-bond acceptors (Lipinski definition) is 5. The molecule has 0 radical (unpaired) electrons. The van der Waals surface area contributed by atoms with E-state index >= 15 is 0 Å². The van der Waals surface area contributed by atoms with Crippen LogP contribution in [-0.4, -0.2) is 60.5 Å². The van der Waals surface area contributed by atoms with Crippen molar-refractivity contribution in [1.29, 1.82) is 0 Å². The monoisotopic (exact) mass is 432 g/mol. The molecule has 1 amide bonds. The number of rotatable bonds is 10. The molecule has 0 aliphatic heterocycles. The van der Waals surface area contributed by atoms with E-state index in [9.17, 15) is 18.8 Å². The summed E-state index contributed by atoms with van der Waals surface area (Å²) >= 11 is 0. The minimum Gasteiger partial charge on any atom is -0.461 e. The topological polar surface area (TPSA) is 88.7 Å². The van der Waals surface area contributed by atoms with Crippen LogP contribution in [0.5, 0.6) is 0 Å². The quantitative estimate of drug-likeness (QED) is 0.351. The third-order valence-electron chi connectivity index (χ3n) is 5.11. The van der Waals surface area contributed by atoms with Crippen molar-refractivity contribution < 1.29 is 28.2 Å². The summed E-state index contributed by atoms with van der Waals surface area (Å²) in [6.07, 6.45) is 0.528. The van der Waals surface area contributed by atoms with Crippen LogP contribution in [-0.2, 0) is 9.47 Å². The smallest absolute Gasteiger partial charge is 0.355 e. The van der Waals surface area contributed by atoms with Gasteiger partial charge in [-0.2, -0.15) is 0 Å². The number of carbonyl (C=O) groups excluding carboxylic acids is 3. The molecule has 1 aromatic carbocycles. The molecule has 0 bridgehead atoms. The molecule has 1 atom stereocenters. The van der Waals surface area contributed by atoms with E-state index in [2.05, 4.69) is 4.98 Å². The average Bonchev–Trinajstić information content (AvgIpc) is 3.04. The van der Waals surface area contributed by atoms with E-state index in [4.69, 9.17) is 9.47 Å². The van der Waals surface area contributed by atoms with Crippen LogP contribution in [0.4, 0.5) is 4.39 Å². The number of amides is 1. The fourth-order valence-electron chi connectivity index (χ4n) is 3.49. The fraction of sp³-hybridized carbons (Fsp3) is 0.435. The molecule has 2 aromatic rings. The lowest BCUT2D eigenvalue weighted by atomic mass is 9.99. The summed E-state index contributed by atoms with van der Waals surface area (Å²) in [4.78, 5) is 43.1. The van der Waals surface area contributed by atoms with E-state index in [1.54, 1.807) is 34.8 Å². The van der Waals surface area contributed by atoms with Crippen molar-refractivity contribution in [1.82, 2.24) is 9.88 Å². The molecule has 0 aliphatic carbocycles. The van der Waals surface area contributed by atoms with E-state index in [-0.39, 0.29) is 36.1 Å². The van der Waals surface area contributed by atoms with Crippen molar-refractivity contribution in [2.24, 2.45) is 0 Å². The minimum absolute atomic E-state index is 0.218. The standard InChI is InChI=1S/C23H29FN2O5/c1-6-31-23(29)20-14(2)19(15(3)25-20)21(27)16(4)26(12-7-13-30-5)22(28)17-8-10-18(24)11-9-17/h8-11,16,25H,6-7,12-13H2,1-5H3/t16-/m0/s1. The van der Waals surface area contributed by atoms with Crippen LogP contribution in [0.3, 0.4) is 0 Å². The molecule has 31 heavy (non-hydrogen) atoms. The molecule has 1 N–H and O–H groups in total. The Bertz CT molecular complexity index is 936. The van der Waals surface area contributed by atoms with Crippen molar-refractivity contribution in [2.45, 2.75) is 40.2 Å². The van der Waals surface area contributed by atoms with Gasteiger partial charge in [-0.1, -0.05) is 0 Å². The first-order valence-corrected chi connectivity index (χ1v) is 10.2. The molecule has 7 nitrogen and oxygen atoms in total. The van der Waals surface area contributed by atoms with Gasteiger partial charge in [-0.05, 0) is 63.9 Å². The number of aromatic amines is 1. The maximum atomic E-state index is 13.4. The second-order valence-corrected chi connectivity index (χ2v) is 7.24. The molecular formula is C23H29FN2O5. The number of esters is 1. The number of methoxy groups -OCH3 is 1. The van der Waals surface area contributed by atoms with Crippen molar-refractivity contribution >= 4 is 17.7 Å². The third kappa shape index (κ3) is 5.58. The van der Waals surface area contributed by atoms with Crippen molar-refractivity contribution in [3.05, 3.63) is 58.2 Å². The lowest BCUT2D eigenvalue weighted by Crippen LogP contribution is -2.44. The zero-order chi connectivity index (χ0) is 23.1. The molecule has 0 aliphatic rings. The Balaban J connectivity index is 2.36. The predicted molar refractivity (Wildman–Crippen MR) is 114 cm³/mol. The molecule has 2 rings (SSSR count). The molecule has 0 fully saturated rings. The maximum Gasteiger partial charge on any atom is 0.355 e. The van der Waals surface area contributed by atoms with E-state index < -0.39 is 17.8 Å². The van der Waals surface area contributed by atoms with E-state index in [0.29, 0.717) is 29.8 Å². The van der Waals surface area contributed by atoms with Crippen LogP contribution >= 0.6 is 0 Å². The number of ether oxygens (including phenoxy) is 2. The molecule has 0 unspecified atom stereocenters. The molecule has 8 heteroatoms. The summed E-state index contributed by atoms with van der Waals surface area (Å²) in [6.45, 7) is 7.64. The van der Waals surface area contributed by atoms with Gasteiger partial charge < -0.3 is 19.4 Å². The summed E-state index contributed by atoms with van der Waals surface area (Å²) in [5.74, 6) is -1.66. The normalized spacial score (nSPS) is 11.8. The number of aryl methyl sites for hydroxylation is 1. The SMILES string of the molecule is CCOC(=O)c1[nH]c(C)c(C(=O)[C@H](C)N(CCCOC)C(=O)c2ccc(F)cc2)c1C. The number of H-pyrrole nitrogens is 1. The highest BCUT2D eigenvalue weighted by Gasteiger charge is 2.31. The molecule has 0 spiro atoms. The number of ketones is 1. The Labute approximate surface area is 181 Å². The predicted octanol–water partition coefficient (Wildman–Crippen LogP) is 3.70. The summed E-state index contributed by atoms with van der Waals surface area (Å²) in [6, 6.07) is 4.39. The van der Waals surface area contributed by atoms with Crippen molar-refractivity contribution in [2.75, 3.05) is 26.9 Å². The maximum absolute atomic E-state index is 13.4. The van der Waals surface area contributed by atoms with E-state index in [0.717, 1.165) is 0 Å². The Morgan fingerprint density at radius 2 is 1.81 bits per heavy atom. The zero-order valence-corrected chi connectivity index (χ0v) is 18.6. The molecule has 0 saturated carbocycles. The van der Waals surface area contributed by atoms with Gasteiger partial charge >= 0.3 is 5.97 Å². The minimum atomic E-state index is -0.808. The van der Waals surface area contributed by atoms with Gasteiger partial charge in [-0.25, -0.2) is 9.18 Å². The Kier molecular flexibility index (Phi) is 8.50. The molecule has 1 heterocycles. The van der Waals surface area contributed by atoms with Gasteiger partial charge in [0.15, 0.2) is 5.78 Å². The number of halogens is 1. The summed E-state index contributed by atoms with van der Waals surface area (Å²) in [5.41, 5.74) is 1.89. The van der Waals surface area contributed by atoms with Gasteiger partial charge in [0.05, 0.1) is 12.6 Å². The van der Waals surface area contributed by atoms with Crippen LogP contribution in [0.1, 0.15) is 62.7 Å². The van der Waals surface area contributed by atoms with Crippen molar-refractivity contribution in [3.63, 3.8) is 0 Å². The van der Waals surface area contributed by atoms with Crippen LogP contribution in [0.2, 0.25) is 0 Å². The van der Waals surface area contributed by atoms with E-state index in [1.165, 1.54) is 29.2 Å². The van der Waals surface area contributed by atoms with E-state index in [1.807, 2.05) is 0 Å². The van der Waals surface area contributed by atoms with Gasteiger partial charge in [-0.3, -0.25) is 9.59 Å². The second kappa shape index (κ2) is 10.9. The van der Waals surface area contributed by atoms with Crippen LogP contribution < -0.4 is 0 Å². The number of hydrogen-bond donors (Lipinski definition) is 1. The average molecular weight is 432 g/mol. The lowest BCUT2D eigenvalue weighted by molar-refractivity contribution is 0.0518. The third-order valence-corrected chi connectivity index (χ3v) is 5.11. The highest BCUT2D eigenvalue weighted by atomic mass is 19.1. The number of carbonyl (C=O) groups is 3. The van der Waals surface area contributed by atoms with Crippen LogP contribution in [0.15, 0.2) is 24.3 Å². The highest BCUT2D eigenvalue weighted by Crippen LogP contribution is 2.23. The molecule has 168 valence electrons. The first-order valence-electron chi connectivity index (χ1n) is 10.2. The number of aromatic nitrogens is 1. The van der Waals surface area contributed by atoms with Gasteiger partial charge in [0.25, 0.3) is 5.91 Å². The number of Topliss-reactive ketones (excluding diaryl/α,β-unsaturated/α-hetero) is 1. The largest absolute Gasteiger partial charge is 0.461 e. The van der Waals surface area contributed by atoms with Gasteiger partial charge in [-0.15, -0.1) is 0 Å². The summed E-state index contributed by atoms with van der Waals surface area (Å²) in [7, 11) is 1.56. The van der Waals surface area contributed by atoms with Crippen LogP contribution in [0.25, 0.3) is 0 Å². The Hall–Kier alpha value is -3.00.